The SMILES string of the molecule is O=C(O)c1cc(C(F)F)c(CCl)cn1. The number of aromatic nitrogens is 1. The lowest BCUT2D eigenvalue weighted by atomic mass is 10.1. The van der Waals surface area contributed by atoms with Crippen LogP contribution in [-0.2, 0) is 5.88 Å². The molecule has 1 heterocycles. The Kier molecular flexibility index (Phi) is 3.35. The second kappa shape index (κ2) is 4.32. The highest BCUT2D eigenvalue weighted by Gasteiger charge is 2.16. The Bertz CT molecular complexity index is 357. The molecule has 0 aliphatic heterocycles. The topological polar surface area (TPSA) is 50.2 Å². The molecule has 3 nitrogen and oxygen atoms in total. The van der Waals surface area contributed by atoms with E-state index in [4.69, 9.17) is 16.7 Å². The minimum Gasteiger partial charge on any atom is -0.477 e. The lowest BCUT2D eigenvalue weighted by Gasteiger charge is -2.05. The number of carboxylic acids is 1. The summed E-state index contributed by atoms with van der Waals surface area (Å²) in [6.07, 6.45) is -1.69. The van der Waals surface area contributed by atoms with Crippen LogP contribution in [0, 0.1) is 0 Å². The Labute approximate surface area is 83.3 Å². The molecular weight excluding hydrogens is 216 g/mol. The highest BCUT2D eigenvalue weighted by atomic mass is 35.5. The third-order valence-electron chi connectivity index (χ3n) is 1.62. The third-order valence-corrected chi connectivity index (χ3v) is 1.91. The monoisotopic (exact) mass is 221 g/mol. The fourth-order valence-corrected chi connectivity index (χ4v) is 1.15. The standard InChI is InChI=1S/C8H6ClF2NO2/c9-2-4-3-12-6(8(13)14)1-5(4)7(10)11/h1,3,7H,2H2,(H,13,14). The molecule has 0 aromatic carbocycles. The number of nitrogens with zero attached hydrogens (tertiary/aromatic N) is 1. The molecular formula is C8H6ClF2NO2. The Morgan fingerprint density at radius 3 is 2.71 bits per heavy atom. The van der Waals surface area contributed by atoms with Gasteiger partial charge in [0.05, 0.1) is 0 Å². The van der Waals surface area contributed by atoms with Crippen molar-refractivity contribution < 1.29 is 18.7 Å². The van der Waals surface area contributed by atoms with E-state index in [1.807, 2.05) is 0 Å². The van der Waals surface area contributed by atoms with Gasteiger partial charge >= 0.3 is 5.97 Å². The van der Waals surface area contributed by atoms with Gasteiger partial charge in [0.25, 0.3) is 6.43 Å². The molecule has 0 amide bonds. The maximum atomic E-state index is 12.4. The summed E-state index contributed by atoms with van der Waals surface area (Å²) in [5.41, 5.74) is -0.645. The van der Waals surface area contributed by atoms with Crippen LogP contribution in [0.5, 0.6) is 0 Å². The average Bonchev–Trinajstić information content (AvgIpc) is 2.16. The van der Waals surface area contributed by atoms with E-state index in [0.717, 1.165) is 12.3 Å². The highest BCUT2D eigenvalue weighted by molar-refractivity contribution is 6.17. The van der Waals surface area contributed by atoms with Crippen LogP contribution >= 0.6 is 11.6 Å². The second-order valence-electron chi connectivity index (χ2n) is 2.51. The summed E-state index contributed by atoms with van der Waals surface area (Å²) in [6.45, 7) is 0. The first kappa shape index (κ1) is 10.8. The van der Waals surface area contributed by atoms with Crippen molar-refractivity contribution in [1.82, 2.24) is 4.98 Å². The predicted molar refractivity (Wildman–Crippen MR) is 45.7 cm³/mol. The van der Waals surface area contributed by atoms with Crippen molar-refractivity contribution in [3.63, 3.8) is 0 Å². The van der Waals surface area contributed by atoms with Gasteiger partial charge in [-0.05, 0) is 11.6 Å². The molecule has 0 atom stereocenters. The fourth-order valence-electron chi connectivity index (χ4n) is 0.931. The number of carbonyl (C=O) groups is 1. The van der Waals surface area contributed by atoms with Crippen molar-refractivity contribution in [2.24, 2.45) is 0 Å². The molecule has 14 heavy (non-hydrogen) atoms. The number of aromatic carboxylic acids is 1. The molecule has 0 unspecified atom stereocenters. The number of rotatable bonds is 3. The van der Waals surface area contributed by atoms with Gasteiger partial charge in [0.15, 0.2) is 0 Å². The molecule has 0 spiro atoms. The van der Waals surface area contributed by atoms with E-state index in [9.17, 15) is 13.6 Å². The van der Waals surface area contributed by atoms with Crippen LogP contribution in [-0.4, -0.2) is 16.1 Å². The number of carboxylic acid groups (broad SMARTS) is 1. The zero-order chi connectivity index (χ0) is 10.7. The van der Waals surface area contributed by atoms with Crippen LogP contribution in [0.25, 0.3) is 0 Å². The van der Waals surface area contributed by atoms with E-state index in [2.05, 4.69) is 4.98 Å². The molecule has 0 bridgehead atoms. The largest absolute Gasteiger partial charge is 0.477 e. The lowest BCUT2D eigenvalue weighted by molar-refractivity contribution is 0.0690. The summed E-state index contributed by atoms with van der Waals surface area (Å²) in [5, 5.41) is 8.51. The zero-order valence-corrected chi connectivity index (χ0v) is 7.63. The fraction of sp³-hybridized carbons (Fsp3) is 0.250. The predicted octanol–water partition coefficient (Wildman–Crippen LogP) is 2.46. The van der Waals surface area contributed by atoms with Crippen LogP contribution in [0.4, 0.5) is 8.78 Å². The zero-order valence-electron chi connectivity index (χ0n) is 6.88. The van der Waals surface area contributed by atoms with E-state index < -0.39 is 18.1 Å². The number of halogens is 3. The molecule has 0 saturated heterocycles. The van der Waals surface area contributed by atoms with Gasteiger partial charge in [0, 0.05) is 17.6 Å². The van der Waals surface area contributed by atoms with Gasteiger partial charge in [-0.25, -0.2) is 18.6 Å². The molecule has 0 aliphatic carbocycles. The summed E-state index contributed by atoms with van der Waals surface area (Å²) >= 11 is 5.39. The van der Waals surface area contributed by atoms with Crippen molar-refractivity contribution in [3.8, 4) is 0 Å². The van der Waals surface area contributed by atoms with Crippen LogP contribution in [0.2, 0.25) is 0 Å². The van der Waals surface area contributed by atoms with Gasteiger partial charge in [0.1, 0.15) is 5.69 Å². The van der Waals surface area contributed by atoms with Gasteiger partial charge in [0.2, 0.25) is 0 Å². The normalized spacial score (nSPS) is 10.6. The highest BCUT2D eigenvalue weighted by Crippen LogP contribution is 2.24. The smallest absolute Gasteiger partial charge is 0.354 e. The molecule has 0 fully saturated rings. The minimum absolute atomic E-state index is 0.118. The quantitative estimate of drug-likeness (QED) is 0.798. The molecule has 1 N–H and O–H groups in total. The Hall–Kier alpha value is -1.23. The van der Waals surface area contributed by atoms with Crippen molar-refractivity contribution in [2.75, 3.05) is 0 Å². The van der Waals surface area contributed by atoms with Crippen LogP contribution in [0.1, 0.15) is 28.0 Å². The maximum absolute atomic E-state index is 12.4. The van der Waals surface area contributed by atoms with Crippen molar-refractivity contribution >= 4 is 17.6 Å². The molecule has 1 aromatic rings. The Morgan fingerprint density at radius 2 is 2.29 bits per heavy atom. The van der Waals surface area contributed by atoms with Gasteiger partial charge in [-0.15, -0.1) is 11.6 Å². The van der Waals surface area contributed by atoms with Gasteiger partial charge in [-0.2, -0.15) is 0 Å². The summed E-state index contributed by atoms with van der Waals surface area (Å²) in [7, 11) is 0. The van der Waals surface area contributed by atoms with E-state index in [-0.39, 0.29) is 17.0 Å². The number of hydrogen-bond donors (Lipinski definition) is 1. The molecule has 0 saturated carbocycles. The summed E-state index contributed by atoms with van der Waals surface area (Å²) in [4.78, 5) is 13.9. The molecule has 1 rings (SSSR count). The number of hydrogen-bond acceptors (Lipinski definition) is 2. The first-order valence-electron chi connectivity index (χ1n) is 3.62. The molecule has 76 valence electrons. The Balaban J connectivity index is 3.20. The van der Waals surface area contributed by atoms with Crippen LogP contribution < -0.4 is 0 Å². The van der Waals surface area contributed by atoms with Crippen molar-refractivity contribution in [3.05, 3.63) is 29.1 Å². The third kappa shape index (κ3) is 2.17. The van der Waals surface area contributed by atoms with Gasteiger partial charge < -0.3 is 5.11 Å². The number of alkyl halides is 3. The lowest BCUT2D eigenvalue weighted by Crippen LogP contribution is -2.04. The molecule has 6 heteroatoms. The first-order valence-corrected chi connectivity index (χ1v) is 4.16. The van der Waals surface area contributed by atoms with Crippen molar-refractivity contribution in [2.45, 2.75) is 12.3 Å². The van der Waals surface area contributed by atoms with E-state index >= 15 is 0 Å². The number of pyridine rings is 1. The summed E-state index contributed by atoms with van der Waals surface area (Å²) in [6, 6.07) is 0.838. The van der Waals surface area contributed by atoms with E-state index in [1.165, 1.54) is 0 Å². The minimum atomic E-state index is -2.75. The van der Waals surface area contributed by atoms with Gasteiger partial charge in [-0.3, -0.25) is 0 Å². The average molecular weight is 222 g/mol. The molecule has 0 aliphatic rings. The van der Waals surface area contributed by atoms with E-state index in [1.54, 1.807) is 0 Å². The second-order valence-corrected chi connectivity index (χ2v) is 2.78. The first-order chi connectivity index (χ1) is 6.56. The van der Waals surface area contributed by atoms with E-state index in [0.29, 0.717) is 0 Å². The summed E-state index contributed by atoms with van der Waals surface area (Å²) in [5.74, 6) is -1.46. The van der Waals surface area contributed by atoms with Crippen LogP contribution in [0.3, 0.4) is 0 Å². The molecule has 0 radical (unpaired) electrons. The molecule has 1 aromatic heterocycles. The van der Waals surface area contributed by atoms with Crippen LogP contribution in [0.15, 0.2) is 12.3 Å². The summed E-state index contributed by atoms with van der Waals surface area (Å²) < 4.78 is 24.8. The Morgan fingerprint density at radius 1 is 1.64 bits per heavy atom. The van der Waals surface area contributed by atoms with Crippen molar-refractivity contribution in [1.29, 1.82) is 0 Å². The van der Waals surface area contributed by atoms with Gasteiger partial charge in [-0.1, -0.05) is 0 Å². The maximum Gasteiger partial charge on any atom is 0.354 e.